The van der Waals surface area contributed by atoms with E-state index in [1.807, 2.05) is 51.1 Å². The Morgan fingerprint density at radius 2 is 1.86 bits per heavy atom. The smallest absolute Gasteiger partial charge is 0.411 e. The fourth-order valence-electron chi connectivity index (χ4n) is 3.59. The van der Waals surface area contributed by atoms with Crippen molar-refractivity contribution in [1.82, 2.24) is 9.80 Å². The van der Waals surface area contributed by atoms with Gasteiger partial charge in [-0.3, -0.25) is 9.69 Å². The van der Waals surface area contributed by atoms with Crippen molar-refractivity contribution in [2.24, 2.45) is 5.92 Å². The second-order valence-electron chi connectivity index (χ2n) is 8.88. The van der Waals surface area contributed by atoms with E-state index in [2.05, 4.69) is 13.8 Å². The zero-order valence-electron chi connectivity index (χ0n) is 17.7. The lowest BCUT2D eigenvalue weighted by molar-refractivity contribution is -0.145. The minimum atomic E-state index is -0.632. The highest BCUT2D eigenvalue weighted by molar-refractivity contribution is 5.87. The van der Waals surface area contributed by atoms with Crippen molar-refractivity contribution >= 4 is 12.0 Å². The van der Waals surface area contributed by atoms with Gasteiger partial charge in [0.25, 0.3) is 0 Å². The molecule has 0 bridgehead atoms. The second kappa shape index (κ2) is 9.41. The minimum absolute atomic E-state index is 0.0750. The van der Waals surface area contributed by atoms with Crippen LogP contribution in [0.25, 0.3) is 0 Å². The quantitative estimate of drug-likeness (QED) is 0.810. The molecule has 1 aromatic rings. The molecular weight excluding hydrogens is 356 g/mol. The van der Waals surface area contributed by atoms with E-state index >= 15 is 0 Å². The maximum absolute atomic E-state index is 13.4. The molecule has 1 aliphatic rings. The third-order valence-corrected chi connectivity index (χ3v) is 4.82. The number of amides is 2. The number of carbonyl (C=O) groups excluding carboxylic acids is 2. The molecule has 2 rings (SSSR count). The van der Waals surface area contributed by atoms with Crippen LogP contribution in [0, 0.1) is 5.92 Å². The van der Waals surface area contributed by atoms with E-state index < -0.39 is 17.7 Å². The van der Waals surface area contributed by atoms with E-state index in [-0.39, 0.29) is 18.6 Å². The van der Waals surface area contributed by atoms with Crippen LogP contribution in [0.15, 0.2) is 30.3 Å². The lowest BCUT2D eigenvalue weighted by Crippen LogP contribution is -2.62. The molecule has 1 heterocycles. The van der Waals surface area contributed by atoms with Gasteiger partial charge in [-0.15, -0.1) is 0 Å². The number of rotatable bonds is 6. The van der Waals surface area contributed by atoms with Gasteiger partial charge < -0.3 is 14.7 Å². The van der Waals surface area contributed by atoms with E-state index in [1.165, 1.54) is 0 Å². The van der Waals surface area contributed by atoms with Crippen LogP contribution < -0.4 is 0 Å². The number of benzene rings is 1. The van der Waals surface area contributed by atoms with Gasteiger partial charge in [-0.25, -0.2) is 4.79 Å². The molecule has 0 unspecified atom stereocenters. The molecule has 6 heteroatoms. The van der Waals surface area contributed by atoms with Crippen molar-refractivity contribution < 1.29 is 19.4 Å². The second-order valence-corrected chi connectivity index (χ2v) is 8.88. The molecule has 1 saturated heterocycles. The van der Waals surface area contributed by atoms with Crippen LogP contribution >= 0.6 is 0 Å². The van der Waals surface area contributed by atoms with Crippen molar-refractivity contribution in [2.45, 2.75) is 65.1 Å². The Labute approximate surface area is 168 Å². The summed E-state index contributed by atoms with van der Waals surface area (Å²) in [6.45, 7) is 10.3. The Hall–Kier alpha value is -2.08. The Bertz CT molecular complexity index is 654. The molecule has 156 valence electrons. The van der Waals surface area contributed by atoms with E-state index in [1.54, 1.807) is 9.80 Å². The van der Waals surface area contributed by atoms with Gasteiger partial charge >= 0.3 is 6.09 Å². The number of ether oxygens (including phenoxy) is 1. The molecule has 0 aliphatic carbocycles. The highest BCUT2D eigenvalue weighted by Gasteiger charge is 2.41. The first kappa shape index (κ1) is 22.2. The van der Waals surface area contributed by atoms with E-state index in [9.17, 15) is 14.7 Å². The van der Waals surface area contributed by atoms with Crippen LogP contribution in [0.5, 0.6) is 0 Å². The zero-order chi connectivity index (χ0) is 20.9. The third kappa shape index (κ3) is 5.96. The molecule has 2 amide bonds. The molecule has 1 aromatic carbocycles. The third-order valence-electron chi connectivity index (χ3n) is 4.82. The van der Waals surface area contributed by atoms with Crippen LogP contribution in [0.2, 0.25) is 0 Å². The molecular formula is C22H34N2O4. The van der Waals surface area contributed by atoms with Crippen molar-refractivity contribution in [2.75, 3.05) is 19.7 Å². The van der Waals surface area contributed by atoms with Gasteiger partial charge in [-0.05, 0) is 38.7 Å². The number of carbonyl (C=O) groups is 2. The van der Waals surface area contributed by atoms with Crippen LogP contribution in [-0.4, -0.2) is 64.3 Å². The van der Waals surface area contributed by atoms with Crippen LogP contribution in [0.4, 0.5) is 4.79 Å². The fraction of sp³-hybridized carbons (Fsp3) is 0.636. The lowest BCUT2D eigenvalue weighted by Gasteiger charge is -2.44. The van der Waals surface area contributed by atoms with Gasteiger partial charge in [0.05, 0.1) is 12.6 Å². The number of hydrogen-bond acceptors (Lipinski definition) is 4. The largest absolute Gasteiger partial charge is 0.444 e. The van der Waals surface area contributed by atoms with E-state index in [4.69, 9.17) is 4.74 Å². The molecule has 0 radical (unpaired) electrons. The summed E-state index contributed by atoms with van der Waals surface area (Å²) < 4.78 is 5.55. The Balaban J connectivity index is 2.27. The fourth-order valence-corrected chi connectivity index (χ4v) is 3.59. The number of nitrogens with zero attached hydrogens (tertiary/aromatic N) is 2. The number of aliphatic hydroxyl groups excluding tert-OH is 1. The maximum Gasteiger partial charge on any atom is 0.411 e. The van der Waals surface area contributed by atoms with Gasteiger partial charge in [-0.1, -0.05) is 44.2 Å². The Morgan fingerprint density at radius 3 is 2.39 bits per heavy atom. The predicted molar refractivity (Wildman–Crippen MR) is 109 cm³/mol. The van der Waals surface area contributed by atoms with Gasteiger partial charge in [0.2, 0.25) is 5.91 Å². The number of aliphatic hydroxyl groups is 1. The molecule has 6 nitrogen and oxygen atoms in total. The summed E-state index contributed by atoms with van der Waals surface area (Å²) >= 11 is 0. The average molecular weight is 391 g/mol. The summed E-state index contributed by atoms with van der Waals surface area (Å²) in [6, 6.07) is 8.82. The summed E-state index contributed by atoms with van der Waals surface area (Å²) in [6.07, 6.45) is 0.688. The first-order valence-corrected chi connectivity index (χ1v) is 10.1. The van der Waals surface area contributed by atoms with Gasteiger partial charge in [0.15, 0.2) is 0 Å². The average Bonchev–Trinajstić information content (AvgIpc) is 2.60. The molecule has 1 fully saturated rings. The Kier molecular flexibility index (Phi) is 7.47. The number of piperazine rings is 1. The molecule has 28 heavy (non-hydrogen) atoms. The van der Waals surface area contributed by atoms with Gasteiger partial charge in [0, 0.05) is 19.5 Å². The van der Waals surface area contributed by atoms with Gasteiger partial charge in [0.1, 0.15) is 11.6 Å². The minimum Gasteiger partial charge on any atom is -0.444 e. The zero-order valence-corrected chi connectivity index (χ0v) is 17.7. The van der Waals surface area contributed by atoms with Crippen LogP contribution in [-0.2, 0) is 16.0 Å². The molecule has 0 saturated carbocycles. The number of hydrogen-bond donors (Lipinski definition) is 1. The molecule has 0 aromatic heterocycles. The lowest BCUT2D eigenvalue weighted by atomic mass is 9.97. The summed E-state index contributed by atoms with van der Waals surface area (Å²) in [5, 5.41) is 9.85. The first-order valence-electron chi connectivity index (χ1n) is 10.1. The summed E-state index contributed by atoms with van der Waals surface area (Å²) in [5.41, 5.74) is 0.362. The normalized spacial score (nSPS) is 19.1. The van der Waals surface area contributed by atoms with Crippen molar-refractivity contribution in [3.05, 3.63) is 35.9 Å². The highest BCUT2D eigenvalue weighted by atomic mass is 16.6. The molecule has 0 spiro atoms. The SMILES string of the molecule is CC(C)C[C@@H](CO)N1CCN(C(=O)OC(C)(C)C)[C@@H](Cc2ccccc2)C1=O. The van der Waals surface area contributed by atoms with Gasteiger partial charge in [-0.2, -0.15) is 0 Å². The molecule has 1 aliphatic heterocycles. The first-order chi connectivity index (χ1) is 13.1. The summed E-state index contributed by atoms with van der Waals surface area (Å²) in [4.78, 5) is 29.4. The van der Waals surface area contributed by atoms with Crippen LogP contribution in [0.3, 0.4) is 0 Å². The standard InChI is InChI=1S/C22H34N2O4/c1-16(2)13-18(15-25)23-11-12-24(21(27)28-22(3,4)5)19(20(23)26)14-17-9-7-6-8-10-17/h6-10,16,18-19,25H,11-15H2,1-5H3/t18-,19-/m0/s1. The van der Waals surface area contributed by atoms with Crippen molar-refractivity contribution in [3.63, 3.8) is 0 Å². The molecule has 2 atom stereocenters. The Morgan fingerprint density at radius 1 is 1.21 bits per heavy atom. The highest BCUT2D eigenvalue weighted by Crippen LogP contribution is 2.23. The van der Waals surface area contributed by atoms with Crippen LogP contribution in [0.1, 0.15) is 46.6 Å². The van der Waals surface area contributed by atoms with Crippen molar-refractivity contribution in [1.29, 1.82) is 0 Å². The summed E-state index contributed by atoms with van der Waals surface area (Å²) in [5.74, 6) is 0.238. The topological polar surface area (TPSA) is 70.1 Å². The predicted octanol–water partition coefficient (Wildman–Crippen LogP) is 3.08. The molecule has 1 N–H and O–H groups in total. The monoisotopic (exact) mass is 390 g/mol. The van der Waals surface area contributed by atoms with E-state index in [0.717, 1.165) is 12.0 Å². The maximum atomic E-state index is 13.4. The summed E-state index contributed by atoms with van der Waals surface area (Å²) in [7, 11) is 0. The van der Waals surface area contributed by atoms with E-state index in [0.29, 0.717) is 25.4 Å². The van der Waals surface area contributed by atoms with Crippen molar-refractivity contribution in [3.8, 4) is 0 Å².